The smallest absolute Gasteiger partial charge is 0.311 e. The van der Waals surface area contributed by atoms with E-state index in [1.165, 1.54) is 0 Å². The molecule has 0 radical (unpaired) electrons. The van der Waals surface area contributed by atoms with E-state index in [-0.39, 0.29) is 24.9 Å². The number of aromatic nitrogens is 2. The van der Waals surface area contributed by atoms with Crippen molar-refractivity contribution in [2.75, 3.05) is 11.4 Å². The topological polar surface area (TPSA) is 72.4 Å². The molecule has 1 amide bonds. The second-order valence-corrected chi connectivity index (χ2v) is 7.24. The van der Waals surface area contributed by atoms with Crippen molar-refractivity contribution in [1.29, 1.82) is 0 Å². The van der Waals surface area contributed by atoms with Crippen molar-refractivity contribution in [1.82, 2.24) is 9.97 Å². The molecule has 1 atom stereocenters. The molecule has 2 aromatic carbocycles. The molecule has 0 unspecified atom stereocenters. The summed E-state index contributed by atoms with van der Waals surface area (Å²) >= 11 is 0. The summed E-state index contributed by atoms with van der Waals surface area (Å²) in [5.41, 5.74) is 4.92. The van der Waals surface area contributed by atoms with Crippen molar-refractivity contribution in [2.45, 2.75) is 33.3 Å². The zero-order chi connectivity index (χ0) is 20.4. The standard InChI is InChI=1S/C23H23N3O3/c1-3-16-8-4-7-11-21(16)26-13-17(12-22(26)27)23(28)29-14-20-15(2)24-18-9-5-6-10-19(18)25-20/h4-11,17H,3,12-14H2,1-2H3/t17-/m1/s1. The molecule has 0 bridgehead atoms. The number of anilines is 1. The Bertz CT molecular complexity index is 1080. The molecule has 148 valence electrons. The van der Waals surface area contributed by atoms with Gasteiger partial charge in [0.2, 0.25) is 5.91 Å². The summed E-state index contributed by atoms with van der Waals surface area (Å²) in [6.45, 7) is 4.30. The van der Waals surface area contributed by atoms with Gasteiger partial charge in [-0.2, -0.15) is 0 Å². The first-order chi connectivity index (χ1) is 14.1. The summed E-state index contributed by atoms with van der Waals surface area (Å²) in [6, 6.07) is 15.4. The zero-order valence-electron chi connectivity index (χ0n) is 16.6. The Hall–Kier alpha value is -3.28. The number of carbonyl (C=O) groups excluding carboxylic acids is 2. The minimum atomic E-state index is -0.471. The van der Waals surface area contributed by atoms with Gasteiger partial charge < -0.3 is 9.64 Å². The van der Waals surface area contributed by atoms with Crippen molar-refractivity contribution in [2.24, 2.45) is 5.92 Å². The zero-order valence-corrected chi connectivity index (χ0v) is 16.6. The molecule has 1 aromatic heterocycles. The van der Waals surface area contributed by atoms with Crippen LogP contribution in [0.5, 0.6) is 0 Å². The number of hydrogen-bond acceptors (Lipinski definition) is 5. The summed E-state index contributed by atoms with van der Waals surface area (Å²) in [7, 11) is 0. The Morgan fingerprint density at radius 2 is 1.79 bits per heavy atom. The first-order valence-corrected chi connectivity index (χ1v) is 9.84. The van der Waals surface area contributed by atoms with Gasteiger partial charge in [-0.05, 0) is 37.1 Å². The Balaban J connectivity index is 1.44. The summed E-state index contributed by atoms with van der Waals surface area (Å²) in [5, 5.41) is 0. The lowest BCUT2D eigenvalue weighted by atomic mass is 10.1. The van der Waals surface area contributed by atoms with Crippen LogP contribution in [0.15, 0.2) is 48.5 Å². The molecule has 6 nitrogen and oxygen atoms in total. The van der Waals surface area contributed by atoms with Crippen LogP contribution in [0.4, 0.5) is 5.69 Å². The van der Waals surface area contributed by atoms with Crippen molar-refractivity contribution >= 4 is 28.6 Å². The molecule has 0 spiro atoms. The fourth-order valence-electron chi connectivity index (χ4n) is 3.69. The fraction of sp³-hybridized carbons (Fsp3) is 0.304. The fourth-order valence-corrected chi connectivity index (χ4v) is 3.69. The SMILES string of the molecule is CCc1ccccc1N1C[C@H](C(=O)OCc2nc3ccccc3nc2C)CC1=O. The summed E-state index contributed by atoms with van der Waals surface area (Å²) in [5.74, 6) is -0.889. The number of carbonyl (C=O) groups is 2. The second kappa shape index (κ2) is 7.99. The highest BCUT2D eigenvalue weighted by Gasteiger charge is 2.36. The van der Waals surface area contributed by atoms with E-state index in [2.05, 4.69) is 16.9 Å². The van der Waals surface area contributed by atoms with E-state index in [4.69, 9.17) is 4.74 Å². The third-order valence-corrected chi connectivity index (χ3v) is 5.32. The van der Waals surface area contributed by atoms with Gasteiger partial charge in [0.25, 0.3) is 0 Å². The quantitative estimate of drug-likeness (QED) is 0.624. The Kier molecular flexibility index (Phi) is 5.25. The Morgan fingerprint density at radius 1 is 1.10 bits per heavy atom. The molecule has 0 N–H and O–H groups in total. The second-order valence-electron chi connectivity index (χ2n) is 7.24. The maximum atomic E-state index is 12.6. The summed E-state index contributed by atoms with van der Waals surface area (Å²) in [4.78, 5) is 35.9. The lowest BCUT2D eigenvalue weighted by Gasteiger charge is -2.19. The van der Waals surface area contributed by atoms with E-state index in [1.54, 1.807) is 4.90 Å². The van der Waals surface area contributed by atoms with E-state index in [0.717, 1.165) is 34.4 Å². The van der Waals surface area contributed by atoms with Gasteiger partial charge in [-0.1, -0.05) is 37.3 Å². The minimum Gasteiger partial charge on any atom is -0.459 e. The van der Waals surface area contributed by atoms with Crippen LogP contribution in [-0.2, 0) is 27.4 Å². The summed E-state index contributed by atoms with van der Waals surface area (Å²) < 4.78 is 5.51. The molecular formula is C23H23N3O3. The number of aryl methyl sites for hydroxylation is 2. The molecule has 3 aromatic rings. The van der Waals surface area contributed by atoms with Crippen LogP contribution < -0.4 is 4.90 Å². The average molecular weight is 389 g/mol. The first-order valence-electron chi connectivity index (χ1n) is 9.84. The van der Waals surface area contributed by atoms with Gasteiger partial charge >= 0.3 is 5.97 Å². The highest BCUT2D eigenvalue weighted by atomic mass is 16.5. The normalized spacial score (nSPS) is 16.4. The number of ether oxygens (including phenoxy) is 1. The number of hydrogen-bond donors (Lipinski definition) is 0. The van der Waals surface area contributed by atoms with Crippen LogP contribution in [0.1, 0.15) is 30.3 Å². The van der Waals surface area contributed by atoms with Crippen molar-refractivity contribution in [3.05, 3.63) is 65.5 Å². The van der Waals surface area contributed by atoms with Crippen LogP contribution in [0.2, 0.25) is 0 Å². The Morgan fingerprint density at radius 3 is 2.55 bits per heavy atom. The number of para-hydroxylation sites is 3. The van der Waals surface area contributed by atoms with Crippen LogP contribution >= 0.6 is 0 Å². The number of rotatable bonds is 5. The molecule has 4 rings (SSSR count). The number of esters is 1. The third kappa shape index (κ3) is 3.83. The third-order valence-electron chi connectivity index (χ3n) is 5.32. The van der Waals surface area contributed by atoms with Crippen molar-refractivity contribution < 1.29 is 14.3 Å². The summed E-state index contributed by atoms with van der Waals surface area (Å²) in [6.07, 6.45) is 0.994. The predicted molar refractivity (Wildman–Crippen MR) is 110 cm³/mol. The average Bonchev–Trinajstić information content (AvgIpc) is 3.13. The lowest BCUT2D eigenvalue weighted by Crippen LogP contribution is -2.27. The van der Waals surface area contributed by atoms with Gasteiger partial charge in [-0.15, -0.1) is 0 Å². The largest absolute Gasteiger partial charge is 0.459 e. The van der Waals surface area contributed by atoms with E-state index >= 15 is 0 Å². The van der Waals surface area contributed by atoms with E-state index in [9.17, 15) is 9.59 Å². The van der Waals surface area contributed by atoms with Gasteiger partial charge in [0.15, 0.2) is 0 Å². The van der Waals surface area contributed by atoms with Gasteiger partial charge in [0.1, 0.15) is 6.61 Å². The monoisotopic (exact) mass is 389 g/mol. The van der Waals surface area contributed by atoms with Gasteiger partial charge in [-0.3, -0.25) is 9.59 Å². The van der Waals surface area contributed by atoms with E-state index < -0.39 is 5.92 Å². The highest BCUT2D eigenvalue weighted by Crippen LogP contribution is 2.29. The van der Waals surface area contributed by atoms with Gasteiger partial charge in [0.05, 0.1) is 28.3 Å². The number of amides is 1. The van der Waals surface area contributed by atoms with E-state index in [0.29, 0.717) is 12.2 Å². The number of benzene rings is 2. The molecule has 29 heavy (non-hydrogen) atoms. The molecule has 6 heteroatoms. The first kappa shape index (κ1) is 19.1. The molecule has 0 aliphatic carbocycles. The molecule has 1 aliphatic rings. The van der Waals surface area contributed by atoms with Crippen LogP contribution in [-0.4, -0.2) is 28.4 Å². The molecule has 2 heterocycles. The van der Waals surface area contributed by atoms with E-state index in [1.807, 2.05) is 55.5 Å². The molecular weight excluding hydrogens is 366 g/mol. The van der Waals surface area contributed by atoms with Gasteiger partial charge in [-0.25, -0.2) is 9.97 Å². The molecule has 1 fully saturated rings. The van der Waals surface area contributed by atoms with Crippen LogP contribution in [0.3, 0.4) is 0 Å². The maximum absolute atomic E-state index is 12.6. The maximum Gasteiger partial charge on any atom is 0.311 e. The predicted octanol–water partition coefficient (Wildman–Crippen LogP) is 3.60. The van der Waals surface area contributed by atoms with Crippen LogP contribution in [0.25, 0.3) is 11.0 Å². The molecule has 0 saturated carbocycles. The minimum absolute atomic E-state index is 0.0467. The molecule has 1 aliphatic heterocycles. The highest BCUT2D eigenvalue weighted by molar-refractivity contribution is 6.00. The van der Waals surface area contributed by atoms with Crippen molar-refractivity contribution in [3.63, 3.8) is 0 Å². The number of fused-ring (bicyclic) bond motifs is 1. The Labute approximate surface area is 169 Å². The van der Waals surface area contributed by atoms with Crippen molar-refractivity contribution in [3.8, 4) is 0 Å². The number of nitrogens with zero attached hydrogens (tertiary/aromatic N) is 3. The molecule has 1 saturated heterocycles. The van der Waals surface area contributed by atoms with Gasteiger partial charge in [0, 0.05) is 18.7 Å². The lowest BCUT2D eigenvalue weighted by molar-refractivity contribution is -0.149. The van der Waals surface area contributed by atoms with Crippen LogP contribution in [0, 0.1) is 12.8 Å².